The fourth-order valence-corrected chi connectivity index (χ4v) is 1.68. The lowest BCUT2D eigenvalue weighted by atomic mass is 9.94. The molecule has 0 unspecified atom stereocenters. The molecule has 2 aromatic rings. The first kappa shape index (κ1) is 11.0. The summed E-state index contributed by atoms with van der Waals surface area (Å²) in [5.41, 5.74) is 1.23. The van der Waals surface area contributed by atoms with Crippen molar-refractivity contribution in [2.75, 3.05) is 0 Å². The minimum absolute atomic E-state index is 0.0476. The fraction of sp³-hybridized carbons (Fsp3) is 0.286. The summed E-state index contributed by atoms with van der Waals surface area (Å²) in [6, 6.07) is 14.3. The Bertz CT molecular complexity index is 417. The van der Waals surface area contributed by atoms with Gasteiger partial charge in [0.25, 0.3) is 0 Å². The normalized spacial score (nSPS) is 11.6. The van der Waals surface area contributed by atoms with Crippen molar-refractivity contribution < 1.29 is 4.42 Å². The third-order valence-corrected chi connectivity index (χ3v) is 2.78. The van der Waals surface area contributed by atoms with E-state index in [4.69, 9.17) is 4.42 Å². The Hall–Kier alpha value is -1.54. The van der Waals surface area contributed by atoms with Gasteiger partial charge in [0.15, 0.2) is 0 Å². The van der Waals surface area contributed by atoms with E-state index < -0.39 is 0 Å². The van der Waals surface area contributed by atoms with Crippen molar-refractivity contribution in [1.29, 1.82) is 0 Å². The van der Waals surface area contributed by atoms with Crippen LogP contribution in [0.4, 0.5) is 0 Å². The lowest BCUT2D eigenvalue weighted by molar-refractivity contribution is 0.371. The molecular weight excluding hydrogens is 198 g/mol. The minimum atomic E-state index is -0.0476. The van der Waals surface area contributed by atoms with Gasteiger partial charge in [-0.2, -0.15) is 0 Å². The van der Waals surface area contributed by atoms with Crippen LogP contribution in [0, 0.1) is 0 Å². The number of rotatable bonds is 4. The third-order valence-electron chi connectivity index (χ3n) is 2.78. The zero-order chi connectivity index (χ0) is 11.4. The summed E-state index contributed by atoms with van der Waals surface area (Å²) in [6.45, 7) is 5.09. The van der Waals surface area contributed by atoms with Gasteiger partial charge in [-0.1, -0.05) is 30.3 Å². The molecule has 0 aliphatic carbocycles. The summed E-state index contributed by atoms with van der Waals surface area (Å²) < 4.78 is 5.30. The summed E-state index contributed by atoms with van der Waals surface area (Å²) in [4.78, 5) is 0. The maximum atomic E-state index is 5.30. The molecule has 0 saturated heterocycles. The number of hydrogen-bond acceptors (Lipinski definition) is 2. The number of hydrogen-bond donors (Lipinski definition) is 1. The molecule has 0 fully saturated rings. The van der Waals surface area contributed by atoms with Gasteiger partial charge < -0.3 is 9.73 Å². The van der Waals surface area contributed by atoms with Crippen molar-refractivity contribution in [2.45, 2.75) is 25.9 Å². The van der Waals surface area contributed by atoms with Gasteiger partial charge in [0.1, 0.15) is 5.76 Å². The van der Waals surface area contributed by atoms with Crippen molar-refractivity contribution in [2.24, 2.45) is 0 Å². The highest BCUT2D eigenvalue weighted by Crippen LogP contribution is 2.20. The lowest BCUT2D eigenvalue weighted by Crippen LogP contribution is -2.35. The molecule has 0 radical (unpaired) electrons. The second-order valence-corrected chi connectivity index (χ2v) is 4.42. The van der Waals surface area contributed by atoms with E-state index in [9.17, 15) is 0 Å². The van der Waals surface area contributed by atoms with E-state index in [2.05, 4.69) is 43.4 Å². The second kappa shape index (κ2) is 4.54. The standard InChI is InChI=1S/C14H17NO/c1-14(2,12-7-4-3-5-8-12)15-11-13-9-6-10-16-13/h3-10,15H,11H2,1-2H3. The Balaban J connectivity index is 2.03. The van der Waals surface area contributed by atoms with E-state index in [-0.39, 0.29) is 5.54 Å². The largest absolute Gasteiger partial charge is 0.468 e. The summed E-state index contributed by atoms with van der Waals surface area (Å²) >= 11 is 0. The Morgan fingerprint density at radius 1 is 1.06 bits per heavy atom. The van der Waals surface area contributed by atoms with Gasteiger partial charge >= 0.3 is 0 Å². The van der Waals surface area contributed by atoms with Gasteiger partial charge in [-0.3, -0.25) is 0 Å². The van der Waals surface area contributed by atoms with E-state index in [0.717, 1.165) is 12.3 Å². The molecule has 0 aliphatic rings. The average molecular weight is 215 g/mol. The first-order valence-corrected chi connectivity index (χ1v) is 5.51. The fourth-order valence-electron chi connectivity index (χ4n) is 1.68. The van der Waals surface area contributed by atoms with E-state index in [0.29, 0.717) is 0 Å². The molecule has 84 valence electrons. The molecule has 2 heteroatoms. The average Bonchev–Trinajstić information content (AvgIpc) is 2.81. The molecule has 1 N–H and O–H groups in total. The van der Waals surface area contributed by atoms with Crippen LogP contribution in [0.25, 0.3) is 0 Å². The molecule has 0 amide bonds. The van der Waals surface area contributed by atoms with Crippen molar-refractivity contribution >= 4 is 0 Å². The zero-order valence-corrected chi connectivity index (χ0v) is 9.73. The third kappa shape index (κ3) is 2.52. The van der Waals surface area contributed by atoms with Crippen LogP contribution in [-0.4, -0.2) is 0 Å². The Kier molecular flexibility index (Phi) is 3.11. The summed E-state index contributed by atoms with van der Waals surface area (Å²) in [5.74, 6) is 0.962. The summed E-state index contributed by atoms with van der Waals surface area (Å²) in [5, 5.41) is 3.48. The van der Waals surface area contributed by atoms with E-state index in [1.54, 1.807) is 6.26 Å². The molecule has 0 aliphatic heterocycles. The van der Waals surface area contributed by atoms with Crippen molar-refractivity contribution in [3.8, 4) is 0 Å². The Labute approximate surface area is 96.3 Å². The zero-order valence-electron chi connectivity index (χ0n) is 9.73. The van der Waals surface area contributed by atoms with Crippen LogP contribution in [-0.2, 0) is 12.1 Å². The van der Waals surface area contributed by atoms with Crippen LogP contribution in [0.2, 0.25) is 0 Å². The topological polar surface area (TPSA) is 25.2 Å². The van der Waals surface area contributed by atoms with Crippen LogP contribution in [0.15, 0.2) is 53.1 Å². The lowest BCUT2D eigenvalue weighted by Gasteiger charge is -2.26. The number of benzene rings is 1. The Morgan fingerprint density at radius 3 is 2.44 bits per heavy atom. The molecule has 2 nitrogen and oxygen atoms in total. The maximum absolute atomic E-state index is 5.30. The van der Waals surface area contributed by atoms with Crippen LogP contribution in [0.1, 0.15) is 25.2 Å². The van der Waals surface area contributed by atoms with Gasteiger partial charge in [0, 0.05) is 5.54 Å². The van der Waals surface area contributed by atoms with Gasteiger partial charge in [0.2, 0.25) is 0 Å². The predicted octanol–water partition coefficient (Wildman–Crippen LogP) is 3.30. The molecule has 0 atom stereocenters. The van der Waals surface area contributed by atoms with Crippen molar-refractivity contribution in [3.63, 3.8) is 0 Å². The minimum Gasteiger partial charge on any atom is -0.468 e. The molecule has 0 bridgehead atoms. The Morgan fingerprint density at radius 2 is 1.81 bits per heavy atom. The molecular formula is C14H17NO. The van der Waals surface area contributed by atoms with Crippen molar-refractivity contribution in [3.05, 3.63) is 60.1 Å². The molecule has 0 saturated carbocycles. The van der Waals surface area contributed by atoms with E-state index in [1.165, 1.54) is 5.56 Å². The molecule has 1 aromatic heterocycles. The van der Waals surface area contributed by atoms with Gasteiger partial charge in [0.05, 0.1) is 12.8 Å². The summed E-state index contributed by atoms with van der Waals surface area (Å²) in [6.07, 6.45) is 1.70. The SMILES string of the molecule is CC(C)(NCc1ccco1)c1ccccc1. The van der Waals surface area contributed by atoms with Gasteiger partial charge in [-0.25, -0.2) is 0 Å². The first-order chi connectivity index (χ1) is 7.68. The molecule has 1 aromatic carbocycles. The van der Waals surface area contributed by atoms with Crippen LogP contribution in [0.5, 0.6) is 0 Å². The predicted molar refractivity (Wildman–Crippen MR) is 65.0 cm³/mol. The van der Waals surface area contributed by atoms with E-state index >= 15 is 0 Å². The first-order valence-electron chi connectivity index (χ1n) is 5.51. The monoisotopic (exact) mass is 215 g/mol. The smallest absolute Gasteiger partial charge is 0.117 e. The van der Waals surface area contributed by atoms with Gasteiger partial charge in [-0.15, -0.1) is 0 Å². The highest BCUT2D eigenvalue weighted by Gasteiger charge is 2.19. The number of nitrogens with one attached hydrogen (secondary N) is 1. The second-order valence-electron chi connectivity index (χ2n) is 4.42. The molecule has 1 heterocycles. The molecule has 2 rings (SSSR count). The van der Waals surface area contributed by atoms with E-state index in [1.807, 2.05) is 18.2 Å². The molecule has 16 heavy (non-hydrogen) atoms. The molecule has 0 spiro atoms. The van der Waals surface area contributed by atoms with Crippen molar-refractivity contribution in [1.82, 2.24) is 5.32 Å². The van der Waals surface area contributed by atoms with Crippen LogP contribution < -0.4 is 5.32 Å². The number of furan rings is 1. The van der Waals surface area contributed by atoms with Crippen LogP contribution in [0.3, 0.4) is 0 Å². The van der Waals surface area contributed by atoms with Gasteiger partial charge in [-0.05, 0) is 31.5 Å². The van der Waals surface area contributed by atoms with Crippen LogP contribution >= 0.6 is 0 Å². The maximum Gasteiger partial charge on any atom is 0.117 e. The quantitative estimate of drug-likeness (QED) is 0.846. The summed E-state index contributed by atoms with van der Waals surface area (Å²) in [7, 11) is 0. The highest BCUT2D eigenvalue weighted by atomic mass is 16.3. The highest BCUT2D eigenvalue weighted by molar-refractivity contribution is 5.22.